The van der Waals surface area contributed by atoms with E-state index in [2.05, 4.69) is 0 Å². The van der Waals surface area contributed by atoms with Crippen molar-refractivity contribution in [3.8, 4) is 0 Å². The van der Waals surface area contributed by atoms with Crippen LogP contribution in [0.1, 0.15) is 17.3 Å². The number of nitrogens with zero attached hydrogens (tertiary/aromatic N) is 2. The molecule has 0 N–H and O–H groups in total. The minimum Gasteiger partial charge on any atom is -0.295 e. The van der Waals surface area contributed by atoms with E-state index in [4.69, 9.17) is 0 Å². The standard InChI is InChI=1S/C14H10N2O7S/c1-9(17)10-2-5-12(6-3-10)24(22,23)14-7-4-11(15(18)19)8-13(14)16(20)21/h2-8H,1H3. The lowest BCUT2D eigenvalue weighted by Gasteiger charge is -2.06. The van der Waals surface area contributed by atoms with Gasteiger partial charge in [-0.05, 0) is 25.1 Å². The molecule has 0 spiro atoms. The van der Waals surface area contributed by atoms with Gasteiger partial charge in [-0.15, -0.1) is 0 Å². The number of ketones is 1. The van der Waals surface area contributed by atoms with Crippen molar-refractivity contribution in [2.45, 2.75) is 16.7 Å². The van der Waals surface area contributed by atoms with Gasteiger partial charge in [0.1, 0.15) is 4.90 Å². The molecule has 0 fully saturated rings. The summed E-state index contributed by atoms with van der Waals surface area (Å²) in [6, 6.07) is 7.17. The van der Waals surface area contributed by atoms with Gasteiger partial charge in [-0.2, -0.15) is 0 Å². The largest absolute Gasteiger partial charge is 0.295 e. The first-order valence-corrected chi connectivity index (χ1v) is 7.92. The van der Waals surface area contributed by atoms with Crippen molar-refractivity contribution in [3.05, 3.63) is 68.3 Å². The summed E-state index contributed by atoms with van der Waals surface area (Å²) < 4.78 is 25.1. The molecule has 2 aromatic rings. The Balaban J connectivity index is 2.62. The second-order valence-electron chi connectivity index (χ2n) is 4.75. The molecule has 0 aliphatic carbocycles. The van der Waals surface area contributed by atoms with Crippen LogP contribution in [0.25, 0.3) is 0 Å². The Labute approximate surface area is 135 Å². The molecule has 0 saturated carbocycles. The van der Waals surface area contributed by atoms with Crippen molar-refractivity contribution in [2.24, 2.45) is 0 Å². The van der Waals surface area contributed by atoms with Gasteiger partial charge < -0.3 is 0 Å². The Morgan fingerprint density at radius 2 is 1.54 bits per heavy atom. The lowest BCUT2D eigenvalue weighted by Crippen LogP contribution is -2.07. The summed E-state index contributed by atoms with van der Waals surface area (Å²) in [6.45, 7) is 1.31. The summed E-state index contributed by atoms with van der Waals surface area (Å²) in [4.78, 5) is 30.2. The van der Waals surface area contributed by atoms with E-state index in [1.165, 1.54) is 19.1 Å². The number of hydrogen-bond acceptors (Lipinski definition) is 7. The maximum atomic E-state index is 12.6. The van der Waals surface area contributed by atoms with E-state index in [1.807, 2.05) is 0 Å². The van der Waals surface area contributed by atoms with Crippen LogP contribution in [0.15, 0.2) is 52.3 Å². The zero-order valence-electron chi connectivity index (χ0n) is 12.2. The summed E-state index contributed by atoms with van der Waals surface area (Å²) >= 11 is 0. The molecule has 0 saturated heterocycles. The van der Waals surface area contributed by atoms with Crippen LogP contribution < -0.4 is 0 Å². The van der Waals surface area contributed by atoms with E-state index in [9.17, 15) is 33.4 Å². The van der Waals surface area contributed by atoms with Gasteiger partial charge >= 0.3 is 0 Å². The fourth-order valence-corrected chi connectivity index (χ4v) is 3.39. The Kier molecular flexibility index (Phi) is 4.42. The maximum absolute atomic E-state index is 12.6. The predicted octanol–water partition coefficient (Wildman–Crippen LogP) is 2.54. The average Bonchev–Trinajstić information content (AvgIpc) is 2.54. The number of benzene rings is 2. The highest BCUT2D eigenvalue weighted by molar-refractivity contribution is 7.91. The molecule has 0 amide bonds. The number of non-ortho nitro benzene ring substituents is 1. The summed E-state index contributed by atoms with van der Waals surface area (Å²) in [5, 5.41) is 21.8. The van der Waals surface area contributed by atoms with Crippen molar-refractivity contribution in [2.75, 3.05) is 0 Å². The number of carbonyl (C=O) groups is 1. The zero-order valence-corrected chi connectivity index (χ0v) is 13.0. The number of nitro groups is 2. The second-order valence-corrected chi connectivity index (χ2v) is 6.67. The third-order valence-corrected chi connectivity index (χ3v) is 5.03. The zero-order chi connectivity index (χ0) is 18.1. The highest BCUT2D eigenvalue weighted by Gasteiger charge is 2.30. The van der Waals surface area contributed by atoms with Crippen molar-refractivity contribution < 1.29 is 23.1 Å². The Morgan fingerprint density at radius 1 is 0.958 bits per heavy atom. The Bertz CT molecular complexity index is 950. The van der Waals surface area contributed by atoms with Crippen LogP contribution in [0.4, 0.5) is 11.4 Å². The van der Waals surface area contributed by atoms with E-state index in [-0.39, 0.29) is 16.2 Å². The number of hydrogen-bond donors (Lipinski definition) is 0. The third-order valence-electron chi connectivity index (χ3n) is 3.21. The van der Waals surface area contributed by atoms with Crippen molar-refractivity contribution in [1.82, 2.24) is 0 Å². The molecule has 0 unspecified atom stereocenters. The monoisotopic (exact) mass is 350 g/mol. The van der Waals surface area contributed by atoms with Crippen molar-refractivity contribution >= 4 is 27.0 Å². The first kappa shape index (κ1) is 17.2. The summed E-state index contributed by atoms with van der Waals surface area (Å²) in [5.74, 6) is -0.264. The number of sulfone groups is 1. The fourth-order valence-electron chi connectivity index (χ4n) is 1.99. The molecule has 0 atom stereocenters. The quantitative estimate of drug-likeness (QED) is 0.459. The molecule has 124 valence electrons. The van der Waals surface area contributed by atoms with Gasteiger partial charge in [-0.3, -0.25) is 25.0 Å². The van der Waals surface area contributed by atoms with Gasteiger partial charge in [0.2, 0.25) is 9.84 Å². The van der Waals surface area contributed by atoms with Crippen LogP contribution in [0.5, 0.6) is 0 Å². The van der Waals surface area contributed by atoms with Crippen LogP contribution in [0, 0.1) is 20.2 Å². The second kappa shape index (κ2) is 6.16. The maximum Gasteiger partial charge on any atom is 0.295 e. The number of rotatable bonds is 5. The van der Waals surface area contributed by atoms with E-state index >= 15 is 0 Å². The molecule has 0 bridgehead atoms. The number of carbonyl (C=O) groups excluding carboxylic acids is 1. The van der Waals surface area contributed by atoms with E-state index < -0.39 is 36.0 Å². The van der Waals surface area contributed by atoms with Crippen molar-refractivity contribution in [1.29, 1.82) is 0 Å². The molecule has 0 aliphatic rings. The summed E-state index contributed by atoms with van der Waals surface area (Å²) in [7, 11) is -4.28. The molecule has 0 heterocycles. The van der Waals surface area contributed by atoms with Gasteiger partial charge in [0, 0.05) is 11.6 Å². The number of nitro benzene ring substituents is 2. The molecule has 2 rings (SSSR count). The third kappa shape index (κ3) is 3.13. The lowest BCUT2D eigenvalue weighted by molar-refractivity contribution is -0.396. The van der Waals surface area contributed by atoms with Crippen LogP contribution in [0.3, 0.4) is 0 Å². The normalized spacial score (nSPS) is 11.0. The Morgan fingerprint density at radius 3 is 2.00 bits per heavy atom. The first-order chi connectivity index (χ1) is 11.1. The van der Waals surface area contributed by atoms with Crippen LogP contribution in [-0.4, -0.2) is 24.0 Å². The van der Waals surface area contributed by atoms with Gasteiger partial charge in [0.15, 0.2) is 5.78 Å². The highest BCUT2D eigenvalue weighted by Crippen LogP contribution is 2.32. The molecule has 0 radical (unpaired) electrons. The van der Waals surface area contributed by atoms with Gasteiger partial charge in [-0.1, -0.05) is 12.1 Å². The molecule has 2 aromatic carbocycles. The van der Waals surface area contributed by atoms with Crippen LogP contribution in [-0.2, 0) is 9.84 Å². The van der Waals surface area contributed by atoms with Crippen LogP contribution >= 0.6 is 0 Å². The summed E-state index contributed by atoms with van der Waals surface area (Å²) in [6.07, 6.45) is 0. The topological polar surface area (TPSA) is 137 Å². The molecule has 0 aromatic heterocycles. The van der Waals surface area contributed by atoms with E-state index in [0.717, 1.165) is 24.3 Å². The first-order valence-electron chi connectivity index (χ1n) is 6.43. The highest BCUT2D eigenvalue weighted by atomic mass is 32.2. The molecular weight excluding hydrogens is 340 g/mol. The molecule has 10 heteroatoms. The van der Waals surface area contributed by atoms with Crippen LogP contribution in [0.2, 0.25) is 0 Å². The minimum atomic E-state index is -4.28. The predicted molar refractivity (Wildman–Crippen MR) is 81.6 cm³/mol. The van der Waals surface area contributed by atoms with E-state index in [0.29, 0.717) is 6.07 Å². The molecule has 0 aliphatic heterocycles. The Hall–Kier alpha value is -3.14. The van der Waals surface area contributed by atoms with Gasteiger partial charge in [-0.25, -0.2) is 8.42 Å². The molecular formula is C14H10N2O7S. The number of Topliss-reactive ketones (excluding diaryl/α,β-unsaturated/α-hetero) is 1. The van der Waals surface area contributed by atoms with Gasteiger partial charge in [0.25, 0.3) is 11.4 Å². The smallest absolute Gasteiger partial charge is 0.295 e. The van der Waals surface area contributed by atoms with Gasteiger partial charge in [0.05, 0.1) is 20.8 Å². The SMILES string of the molecule is CC(=O)c1ccc(S(=O)(=O)c2ccc([N+](=O)[O-])cc2[N+](=O)[O-])cc1. The lowest BCUT2D eigenvalue weighted by atomic mass is 10.2. The minimum absolute atomic E-state index is 0.260. The molecule has 24 heavy (non-hydrogen) atoms. The average molecular weight is 350 g/mol. The molecule has 9 nitrogen and oxygen atoms in total. The fraction of sp³-hybridized carbons (Fsp3) is 0.0714. The van der Waals surface area contributed by atoms with E-state index in [1.54, 1.807) is 0 Å². The summed E-state index contributed by atoms with van der Waals surface area (Å²) in [5.41, 5.74) is -1.19. The van der Waals surface area contributed by atoms with Crippen molar-refractivity contribution in [3.63, 3.8) is 0 Å².